The fraction of sp³-hybridized carbons (Fsp3) is 0.222. The van der Waals surface area contributed by atoms with Crippen LogP contribution in [0.1, 0.15) is 40.6 Å². The summed E-state index contributed by atoms with van der Waals surface area (Å²) < 4.78 is 23.6. The van der Waals surface area contributed by atoms with Crippen LogP contribution in [0.3, 0.4) is 0 Å². The largest absolute Gasteiger partial charge is 0.479 e. The molecule has 1 aliphatic rings. The third-order valence-electron chi connectivity index (χ3n) is 5.94. The summed E-state index contributed by atoms with van der Waals surface area (Å²) in [4.78, 5) is 25.5. The van der Waals surface area contributed by atoms with Crippen LogP contribution < -0.4 is 14.2 Å². The van der Waals surface area contributed by atoms with Gasteiger partial charge in [-0.2, -0.15) is 0 Å². The molecular formula is C27H24N2O6. The van der Waals surface area contributed by atoms with Crippen molar-refractivity contribution < 1.29 is 28.3 Å². The molecule has 0 radical (unpaired) electrons. The van der Waals surface area contributed by atoms with Gasteiger partial charge in [-0.1, -0.05) is 18.2 Å². The Labute approximate surface area is 201 Å². The van der Waals surface area contributed by atoms with Crippen molar-refractivity contribution in [2.24, 2.45) is 0 Å². The van der Waals surface area contributed by atoms with E-state index in [9.17, 15) is 9.59 Å². The molecule has 0 spiro atoms. The highest BCUT2D eigenvalue weighted by atomic mass is 16.5. The summed E-state index contributed by atoms with van der Waals surface area (Å²) in [5, 5.41) is 4.76. The van der Waals surface area contributed by atoms with Crippen molar-refractivity contribution in [3.05, 3.63) is 76.9 Å². The molecule has 1 aliphatic heterocycles. The number of fused-ring (bicyclic) bond motifs is 2. The Morgan fingerprint density at radius 3 is 2.80 bits per heavy atom. The molecule has 0 fully saturated rings. The number of benzene rings is 2. The Morgan fingerprint density at radius 1 is 1.20 bits per heavy atom. The molecule has 0 saturated heterocycles. The second-order valence-electron chi connectivity index (χ2n) is 8.25. The molecule has 4 aromatic rings. The molecule has 0 saturated carbocycles. The number of carbonyl (C=O) groups is 2. The van der Waals surface area contributed by atoms with Gasteiger partial charge in [0.1, 0.15) is 17.3 Å². The highest BCUT2D eigenvalue weighted by molar-refractivity contribution is 6.16. The van der Waals surface area contributed by atoms with Gasteiger partial charge < -0.3 is 23.3 Å². The van der Waals surface area contributed by atoms with Gasteiger partial charge in [0.15, 0.2) is 5.76 Å². The molecule has 3 heterocycles. The van der Waals surface area contributed by atoms with Crippen molar-refractivity contribution >= 4 is 28.7 Å². The van der Waals surface area contributed by atoms with Gasteiger partial charge in [-0.3, -0.25) is 9.59 Å². The third-order valence-corrected chi connectivity index (χ3v) is 5.94. The molecule has 2 aromatic heterocycles. The van der Waals surface area contributed by atoms with E-state index in [1.807, 2.05) is 24.4 Å². The Bertz CT molecular complexity index is 1480. The van der Waals surface area contributed by atoms with Crippen LogP contribution in [0.25, 0.3) is 17.0 Å². The Morgan fingerprint density at radius 2 is 2.03 bits per heavy atom. The number of ketones is 1. The minimum absolute atomic E-state index is 0.0981. The first-order valence-corrected chi connectivity index (χ1v) is 11.3. The van der Waals surface area contributed by atoms with E-state index in [-0.39, 0.29) is 18.0 Å². The first-order valence-electron chi connectivity index (χ1n) is 11.3. The van der Waals surface area contributed by atoms with E-state index in [4.69, 9.17) is 18.7 Å². The molecule has 0 N–H and O–H groups in total. The summed E-state index contributed by atoms with van der Waals surface area (Å²) >= 11 is 0. The molecule has 8 nitrogen and oxygen atoms in total. The SMILES string of the molecule is CCn1cc(/C=C2\Oc3cc(OC(=O)CCc4cc(OC)no4)cc(C)c3C2=O)c2ccccc21. The summed E-state index contributed by atoms with van der Waals surface area (Å²) in [6.07, 6.45) is 4.21. The average Bonchev–Trinajstić information content (AvgIpc) is 3.54. The number of aryl methyl sites for hydroxylation is 3. The summed E-state index contributed by atoms with van der Waals surface area (Å²) in [6.45, 7) is 4.69. The lowest BCUT2D eigenvalue weighted by Crippen LogP contribution is -2.09. The van der Waals surface area contributed by atoms with E-state index < -0.39 is 5.97 Å². The van der Waals surface area contributed by atoms with E-state index in [0.717, 1.165) is 23.0 Å². The molecule has 0 bridgehead atoms. The van der Waals surface area contributed by atoms with Gasteiger partial charge in [0.25, 0.3) is 5.88 Å². The number of Topliss-reactive ketones (excluding diaryl/α,β-unsaturated/α-hetero) is 1. The smallest absolute Gasteiger partial charge is 0.311 e. The second-order valence-corrected chi connectivity index (χ2v) is 8.25. The predicted molar refractivity (Wildman–Crippen MR) is 129 cm³/mol. The quantitative estimate of drug-likeness (QED) is 0.209. The lowest BCUT2D eigenvalue weighted by Gasteiger charge is -2.07. The van der Waals surface area contributed by atoms with Crippen LogP contribution >= 0.6 is 0 Å². The topological polar surface area (TPSA) is 92.8 Å². The Balaban J connectivity index is 1.34. The molecule has 5 rings (SSSR count). The highest BCUT2D eigenvalue weighted by Gasteiger charge is 2.30. The van der Waals surface area contributed by atoms with Crippen LogP contribution in [0, 0.1) is 6.92 Å². The Hall–Kier alpha value is -4.33. The van der Waals surface area contributed by atoms with Crippen LogP contribution in [0.5, 0.6) is 17.4 Å². The van der Waals surface area contributed by atoms with Gasteiger partial charge in [-0.05, 0) is 42.8 Å². The van der Waals surface area contributed by atoms with Gasteiger partial charge >= 0.3 is 5.97 Å². The van der Waals surface area contributed by atoms with Crippen LogP contribution in [0.2, 0.25) is 0 Å². The molecule has 35 heavy (non-hydrogen) atoms. The van der Waals surface area contributed by atoms with Gasteiger partial charge in [-0.15, -0.1) is 0 Å². The zero-order chi connectivity index (χ0) is 24.5. The molecule has 8 heteroatoms. The minimum Gasteiger partial charge on any atom is -0.479 e. The van der Waals surface area contributed by atoms with Crippen molar-refractivity contribution in [2.75, 3.05) is 7.11 Å². The van der Waals surface area contributed by atoms with E-state index in [1.54, 1.807) is 31.2 Å². The van der Waals surface area contributed by atoms with E-state index in [0.29, 0.717) is 40.7 Å². The maximum atomic E-state index is 13.1. The molecule has 178 valence electrons. The number of methoxy groups -OCH3 is 1. The van der Waals surface area contributed by atoms with Crippen LogP contribution in [0.15, 0.2) is 58.9 Å². The van der Waals surface area contributed by atoms with Crippen molar-refractivity contribution in [1.82, 2.24) is 9.72 Å². The van der Waals surface area contributed by atoms with Crippen molar-refractivity contribution in [3.63, 3.8) is 0 Å². The fourth-order valence-corrected chi connectivity index (χ4v) is 4.25. The van der Waals surface area contributed by atoms with Crippen LogP contribution in [0.4, 0.5) is 0 Å². The van der Waals surface area contributed by atoms with Crippen molar-refractivity contribution in [1.29, 1.82) is 0 Å². The average molecular weight is 472 g/mol. The number of allylic oxidation sites excluding steroid dienone is 1. The number of nitrogens with zero attached hydrogens (tertiary/aromatic N) is 2. The first-order chi connectivity index (χ1) is 17.0. The first kappa shape index (κ1) is 22.5. The lowest BCUT2D eigenvalue weighted by atomic mass is 10.0. The molecule has 2 aromatic carbocycles. The number of esters is 1. The van der Waals surface area contributed by atoms with Gasteiger partial charge in [-0.25, -0.2) is 0 Å². The maximum absolute atomic E-state index is 13.1. The van der Waals surface area contributed by atoms with Gasteiger partial charge in [0.2, 0.25) is 5.78 Å². The number of carbonyl (C=O) groups excluding carboxylic acids is 2. The zero-order valence-corrected chi connectivity index (χ0v) is 19.7. The highest BCUT2D eigenvalue weighted by Crippen LogP contribution is 2.38. The number of hydrogen-bond donors (Lipinski definition) is 0. The number of hydrogen-bond acceptors (Lipinski definition) is 7. The summed E-state index contributed by atoms with van der Waals surface area (Å²) in [7, 11) is 1.49. The Kier molecular flexibility index (Phi) is 5.86. The molecule has 0 unspecified atom stereocenters. The second kappa shape index (κ2) is 9.13. The molecular weight excluding hydrogens is 448 g/mol. The van der Waals surface area contributed by atoms with E-state index in [1.165, 1.54) is 7.11 Å². The minimum atomic E-state index is -0.438. The number of ether oxygens (including phenoxy) is 3. The van der Waals surface area contributed by atoms with Crippen molar-refractivity contribution in [2.45, 2.75) is 33.2 Å². The fourth-order valence-electron chi connectivity index (χ4n) is 4.25. The molecule has 0 atom stereocenters. The zero-order valence-electron chi connectivity index (χ0n) is 19.7. The summed E-state index contributed by atoms with van der Waals surface area (Å²) in [6, 6.07) is 12.9. The van der Waals surface area contributed by atoms with Crippen LogP contribution in [-0.2, 0) is 17.8 Å². The number of aromatic nitrogens is 2. The van der Waals surface area contributed by atoms with E-state index in [2.05, 4.69) is 22.7 Å². The predicted octanol–water partition coefficient (Wildman–Crippen LogP) is 5.12. The third kappa shape index (κ3) is 4.30. The number of para-hydroxylation sites is 1. The maximum Gasteiger partial charge on any atom is 0.311 e. The lowest BCUT2D eigenvalue weighted by molar-refractivity contribution is -0.134. The van der Waals surface area contributed by atoms with Gasteiger partial charge in [0, 0.05) is 47.8 Å². The summed E-state index contributed by atoms with van der Waals surface area (Å²) in [5.41, 5.74) is 3.16. The standard InChI is InChI=1S/C27H24N2O6/c1-4-29-15-17(20-7-5-6-8-21(20)29)12-23-27(31)26-16(2)11-19(13-22(26)34-23)33-25(30)10-9-18-14-24(32-3)28-35-18/h5-8,11-15H,4,9-10H2,1-3H3/b23-12-. The summed E-state index contributed by atoms with van der Waals surface area (Å²) in [5.74, 6) is 1.19. The number of rotatable bonds is 7. The van der Waals surface area contributed by atoms with Gasteiger partial charge in [0.05, 0.1) is 19.1 Å². The van der Waals surface area contributed by atoms with Crippen molar-refractivity contribution in [3.8, 4) is 17.4 Å². The van der Waals surface area contributed by atoms with Crippen LogP contribution in [-0.4, -0.2) is 28.6 Å². The molecule has 0 amide bonds. The normalized spacial score (nSPS) is 13.8. The molecule has 0 aliphatic carbocycles. The monoisotopic (exact) mass is 472 g/mol. The van der Waals surface area contributed by atoms with E-state index >= 15 is 0 Å².